The van der Waals surface area contributed by atoms with Gasteiger partial charge in [0.1, 0.15) is 6.04 Å². The van der Waals surface area contributed by atoms with Gasteiger partial charge >= 0.3 is 12.0 Å². The summed E-state index contributed by atoms with van der Waals surface area (Å²) in [5.74, 6) is -1.06. The number of amides is 3. The summed E-state index contributed by atoms with van der Waals surface area (Å²) in [6.45, 7) is 4.11. The van der Waals surface area contributed by atoms with Gasteiger partial charge in [0.25, 0.3) is 0 Å². The maximum Gasteiger partial charge on any atom is 0.315 e. The molecule has 7 nitrogen and oxygen atoms in total. The molecule has 1 rings (SSSR count). The maximum atomic E-state index is 11.8. The summed E-state index contributed by atoms with van der Waals surface area (Å²) in [7, 11) is 1.66. The highest BCUT2D eigenvalue weighted by molar-refractivity contribution is 5.86. The molecule has 3 N–H and O–H groups in total. The summed E-state index contributed by atoms with van der Waals surface area (Å²) in [4.78, 5) is 36.1. The van der Waals surface area contributed by atoms with Gasteiger partial charge in [0, 0.05) is 20.1 Å². The zero-order valence-electron chi connectivity index (χ0n) is 12.2. The fourth-order valence-electron chi connectivity index (χ4n) is 2.12. The molecule has 1 unspecified atom stereocenters. The smallest absolute Gasteiger partial charge is 0.315 e. The van der Waals surface area contributed by atoms with E-state index in [1.54, 1.807) is 14.0 Å². The molecular weight excluding hydrogens is 262 g/mol. The minimum atomic E-state index is -0.876. The van der Waals surface area contributed by atoms with Gasteiger partial charge in [-0.2, -0.15) is 0 Å². The Morgan fingerprint density at radius 3 is 2.35 bits per heavy atom. The van der Waals surface area contributed by atoms with Crippen LogP contribution in [0.1, 0.15) is 33.1 Å². The second-order valence-electron chi connectivity index (χ2n) is 5.34. The van der Waals surface area contributed by atoms with Gasteiger partial charge in [-0.05, 0) is 26.7 Å². The van der Waals surface area contributed by atoms with Crippen LogP contribution < -0.4 is 10.6 Å². The van der Waals surface area contributed by atoms with E-state index >= 15 is 0 Å². The van der Waals surface area contributed by atoms with Crippen LogP contribution in [0.5, 0.6) is 0 Å². The van der Waals surface area contributed by atoms with E-state index in [2.05, 4.69) is 10.6 Å². The highest BCUT2D eigenvalue weighted by Crippen LogP contribution is 2.40. The molecule has 3 amide bonds. The van der Waals surface area contributed by atoms with Gasteiger partial charge in [-0.3, -0.25) is 9.59 Å². The van der Waals surface area contributed by atoms with Crippen molar-refractivity contribution in [2.24, 2.45) is 5.41 Å². The molecule has 0 aliphatic heterocycles. The lowest BCUT2D eigenvalue weighted by atomic mass is 9.69. The summed E-state index contributed by atoms with van der Waals surface area (Å²) in [5, 5.41) is 14.2. The Morgan fingerprint density at radius 1 is 1.35 bits per heavy atom. The van der Waals surface area contributed by atoms with Gasteiger partial charge in [0.15, 0.2) is 0 Å². The molecule has 114 valence electrons. The Balaban J connectivity index is 2.40. The number of hydrogen-bond donors (Lipinski definition) is 3. The molecule has 0 radical (unpaired) electrons. The van der Waals surface area contributed by atoms with Crippen LogP contribution in [-0.2, 0) is 9.59 Å². The summed E-state index contributed by atoms with van der Waals surface area (Å²) >= 11 is 0. The number of aliphatic carboxylic acids is 1. The lowest BCUT2D eigenvalue weighted by Crippen LogP contribution is -2.53. The number of urea groups is 1. The molecule has 1 atom stereocenters. The number of rotatable bonds is 6. The highest BCUT2D eigenvalue weighted by Gasteiger charge is 2.44. The second kappa shape index (κ2) is 6.58. The molecule has 7 heteroatoms. The second-order valence-corrected chi connectivity index (χ2v) is 5.34. The van der Waals surface area contributed by atoms with E-state index in [0.717, 1.165) is 6.42 Å². The van der Waals surface area contributed by atoms with Crippen molar-refractivity contribution in [3.05, 3.63) is 0 Å². The summed E-state index contributed by atoms with van der Waals surface area (Å²) in [6, 6.07) is -1.15. The van der Waals surface area contributed by atoms with Gasteiger partial charge < -0.3 is 20.6 Å². The first-order chi connectivity index (χ1) is 9.32. The average molecular weight is 285 g/mol. The van der Waals surface area contributed by atoms with Crippen LogP contribution in [0.15, 0.2) is 0 Å². The monoisotopic (exact) mass is 285 g/mol. The van der Waals surface area contributed by atoms with Crippen LogP contribution in [0.4, 0.5) is 4.79 Å². The van der Waals surface area contributed by atoms with E-state index in [1.807, 2.05) is 6.92 Å². The van der Waals surface area contributed by atoms with Crippen molar-refractivity contribution in [2.45, 2.75) is 39.2 Å². The Kier molecular flexibility index (Phi) is 5.35. The van der Waals surface area contributed by atoms with Crippen molar-refractivity contribution >= 4 is 17.9 Å². The molecule has 1 aliphatic carbocycles. The van der Waals surface area contributed by atoms with E-state index in [0.29, 0.717) is 19.4 Å². The Morgan fingerprint density at radius 2 is 1.95 bits per heavy atom. The van der Waals surface area contributed by atoms with E-state index in [9.17, 15) is 14.4 Å². The van der Waals surface area contributed by atoms with Crippen LogP contribution in [-0.4, -0.2) is 54.1 Å². The van der Waals surface area contributed by atoms with Gasteiger partial charge in [-0.15, -0.1) is 0 Å². The Labute approximate surface area is 118 Å². The van der Waals surface area contributed by atoms with Crippen molar-refractivity contribution in [3.63, 3.8) is 0 Å². The normalized spacial score (nSPS) is 17.6. The van der Waals surface area contributed by atoms with Crippen LogP contribution in [0.3, 0.4) is 0 Å². The van der Waals surface area contributed by atoms with Crippen molar-refractivity contribution in [1.82, 2.24) is 15.5 Å². The van der Waals surface area contributed by atoms with Gasteiger partial charge in [0.2, 0.25) is 5.91 Å². The van der Waals surface area contributed by atoms with Crippen molar-refractivity contribution in [1.29, 1.82) is 0 Å². The lowest BCUT2D eigenvalue weighted by Gasteiger charge is -2.37. The standard InChI is InChI=1S/C13H23N3O4/c1-4-16(3)10(17)9(2)15-12(20)14-8-13(11(18)19)6-5-7-13/h9H,4-8H2,1-3H3,(H,18,19)(H2,14,15,20). The number of carboxylic acid groups (broad SMARTS) is 1. The van der Waals surface area contributed by atoms with E-state index in [1.165, 1.54) is 4.90 Å². The van der Waals surface area contributed by atoms with Gasteiger partial charge in [0.05, 0.1) is 5.41 Å². The van der Waals surface area contributed by atoms with Crippen molar-refractivity contribution in [3.8, 4) is 0 Å². The fourth-order valence-corrected chi connectivity index (χ4v) is 2.12. The molecule has 1 saturated carbocycles. The number of carbonyl (C=O) groups is 3. The minimum Gasteiger partial charge on any atom is -0.481 e. The van der Waals surface area contributed by atoms with Gasteiger partial charge in [-0.25, -0.2) is 4.79 Å². The predicted octanol–water partition coefficient (Wildman–Crippen LogP) is 0.407. The SMILES string of the molecule is CCN(C)C(=O)C(C)NC(=O)NCC1(C(=O)O)CCC1. The zero-order chi connectivity index (χ0) is 15.3. The number of hydrogen-bond acceptors (Lipinski definition) is 3. The first-order valence-corrected chi connectivity index (χ1v) is 6.85. The van der Waals surface area contributed by atoms with E-state index in [4.69, 9.17) is 5.11 Å². The van der Waals surface area contributed by atoms with E-state index in [-0.39, 0.29) is 12.5 Å². The minimum absolute atomic E-state index is 0.0959. The molecule has 1 aliphatic rings. The van der Waals surface area contributed by atoms with Crippen LogP contribution in [0.25, 0.3) is 0 Å². The first-order valence-electron chi connectivity index (χ1n) is 6.85. The summed E-state index contributed by atoms with van der Waals surface area (Å²) < 4.78 is 0. The molecule has 0 aromatic rings. The topological polar surface area (TPSA) is 98.7 Å². The summed E-state index contributed by atoms with van der Waals surface area (Å²) in [5.41, 5.74) is -0.829. The number of nitrogens with one attached hydrogen (secondary N) is 2. The molecule has 0 aromatic carbocycles. The number of carboxylic acids is 1. The summed E-state index contributed by atoms with van der Waals surface area (Å²) in [6.07, 6.45) is 2.02. The van der Waals surface area contributed by atoms with Crippen molar-refractivity contribution in [2.75, 3.05) is 20.1 Å². The number of carbonyl (C=O) groups excluding carboxylic acids is 2. The molecule has 20 heavy (non-hydrogen) atoms. The maximum absolute atomic E-state index is 11.8. The quantitative estimate of drug-likeness (QED) is 0.658. The van der Waals surface area contributed by atoms with Crippen LogP contribution in [0, 0.1) is 5.41 Å². The van der Waals surface area contributed by atoms with Crippen LogP contribution >= 0.6 is 0 Å². The first kappa shape index (κ1) is 16.3. The molecule has 1 fully saturated rings. The van der Waals surface area contributed by atoms with Crippen LogP contribution in [0.2, 0.25) is 0 Å². The molecular formula is C13H23N3O4. The molecule has 0 spiro atoms. The third kappa shape index (κ3) is 3.61. The lowest BCUT2D eigenvalue weighted by molar-refractivity contribution is -0.153. The Bertz CT molecular complexity index is 393. The molecule has 0 heterocycles. The van der Waals surface area contributed by atoms with E-state index < -0.39 is 23.5 Å². The van der Waals surface area contributed by atoms with Gasteiger partial charge in [-0.1, -0.05) is 6.42 Å². The third-order valence-corrected chi connectivity index (χ3v) is 3.92. The Hall–Kier alpha value is -1.79. The molecule has 0 aromatic heterocycles. The average Bonchev–Trinajstić information content (AvgIpc) is 2.34. The largest absolute Gasteiger partial charge is 0.481 e. The zero-order valence-corrected chi connectivity index (χ0v) is 12.2. The molecule has 0 bridgehead atoms. The van der Waals surface area contributed by atoms with Crippen molar-refractivity contribution < 1.29 is 19.5 Å². The predicted molar refractivity (Wildman–Crippen MR) is 73.2 cm³/mol. The molecule has 0 saturated heterocycles. The number of nitrogens with zero attached hydrogens (tertiary/aromatic N) is 1. The fraction of sp³-hybridized carbons (Fsp3) is 0.769. The number of likely N-dealkylation sites (N-methyl/N-ethyl adjacent to an activating group) is 1. The third-order valence-electron chi connectivity index (χ3n) is 3.92. The highest BCUT2D eigenvalue weighted by atomic mass is 16.4.